The van der Waals surface area contributed by atoms with E-state index in [1.54, 1.807) is 0 Å². The maximum Gasteiger partial charge on any atom is 0.224 e. The van der Waals surface area contributed by atoms with E-state index < -0.39 is 0 Å². The second-order valence-electron chi connectivity index (χ2n) is 8.05. The Bertz CT molecular complexity index is 647. The molecule has 4 nitrogen and oxygen atoms in total. The highest BCUT2D eigenvalue weighted by Gasteiger charge is 2.14. The number of rotatable bonds is 9. The third-order valence-corrected chi connectivity index (χ3v) is 5.08. The van der Waals surface area contributed by atoms with Crippen LogP contribution in [0.4, 0.5) is 5.69 Å². The fourth-order valence-electron chi connectivity index (χ4n) is 3.43. The van der Waals surface area contributed by atoms with Gasteiger partial charge in [0.15, 0.2) is 0 Å². The van der Waals surface area contributed by atoms with Crippen molar-refractivity contribution in [2.45, 2.75) is 71.6 Å². The van der Waals surface area contributed by atoms with Gasteiger partial charge in [-0.1, -0.05) is 44.6 Å². The van der Waals surface area contributed by atoms with Crippen molar-refractivity contribution >= 4 is 17.5 Å². The first kappa shape index (κ1) is 21.2. The summed E-state index contributed by atoms with van der Waals surface area (Å²) in [6.45, 7) is 6.94. The molecule has 0 aromatic heterocycles. The van der Waals surface area contributed by atoms with Crippen LogP contribution in [-0.4, -0.2) is 18.4 Å². The van der Waals surface area contributed by atoms with Gasteiger partial charge >= 0.3 is 0 Å². The van der Waals surface area contributed by atoms with Crippen molar-refractivity contribution in [2.24, 2.45) is 5.92 Å². The molecule has 1 aromatic rings. The molecule has 1 unspecified atom stereocenters. The van der Waals surface area contributed by atoms with Gasteiger partial charge in [-0.3, -0.25) is 9.59 Å². The lowest BCUT2D eigenvalue weighted by Crippen LogP contribution is -2.27. The molecular weight excluding hydrogens is 336 g/mol. The van der Waals surface area contributed by atoms with Crippen molar-refractivity contribution in [1.29, 1.82) is 0 Å². The van der Waals surface area contributed by atoms with E-state index in [9.17, 15) is 9.59 Å². The van der Waals surface area contributed by atoms with Gasteiger partial charge in [0.25, 0.3) is 0 Å². The summed E-state index contributed by atoms with van der Waals surface area (Å²) in [6.07, 6.45) is 8.91. The number of nitrogens with one attached hydrogen (secondary N) is 2. The molecule has 148 valence electrons. The first-order chi connectivity index (χ1) is 12.9. The first-order valence-electron chi connectivity index (χ1n) is 10.3. The summed E-state index contributed by atoms with van der Waals surface area (Å²) in [5.41, 5.74) is 3.53. The molecule has 27 heavy (non-hydrogen) atoms. The van der Waals surface area contributed by atoms with E-state index in [0.29, 0.717) is 25.3 Å². The van der Waals surface area contributed by atoms with E-state index in [-0.39, 0.29) is 17.7 Å². The van der Waals surface area contributed by atoms with Crippen LogP contribution in [0.3, 0.4) is 0 Å². The van der Waals surface area contributed by atoms with Crippen LogP contribution in [-0.2, 0) is 9.59 Å². The minimum Gasteiger partial charge on any atom is -0.356 e. The van der Waals surface area contributed by atoms with E-state index in [1.807, 2.05) is 31.2 Å². The van der Waals surface area contributed by atoms with Gasteiger partial charge in [-0.25, -0.2) is 0 Å². The van der Waals surface area contributed by atoms with Crippen molar-refractivity contribution < 1.29 is 9.59 Å². The molecule has 4 heteroatoms. The number of carbonyl (C=O) groups excluding carboxylic acids is 2. The quantitative estimate of drug-likeness (QED) is 0.589. The standard InChI is InChI=1S/C23H34N2O2/c1-17(2)20-9-11-21(12-10-20)25-23(27)16-18(3)15-22(26)24-14-13-19-7-5-4-6-8-19/h7,9-12,17-18H,4-6,8,13-16H2,1-3H3,(H,24,26)(H,25,27). The molecule has 0 aliphatic heterocycles. The van der Waals surface area contributed by atoms with Gasteiger partial charge < -0.3 is 10.6 Å². The summed E-state index contributed by atoms with van der Waals surface area (Å²) in [4.78, 5) is 24.3. The second-order valence-corrected chi connectivity index (χ2v) is 8.05. The van der Waals surface area contributed by atoms with E-state index in [2.05, 4.69) is 30.6 Å². The minimum absolute atomic E-state index is 0.0221. The Labute approximate surface area is 163 Å². The van der Waals surface area contributed by atoms with Crippen molar-refractivity contribution in [2.75, 3.05) is 11.9 Å². The third-order valence-electron chi connectivity index (χ3n) is 5.08. The van der Waals surface area contributed by atoms with Crippen molar-refractivity contribution in [1.82, 2.24) is 5.32 Å². The monoisotopic (exact) mass is 370 g/mol. The predicted molar refractivity (Wildman–Crippen MR) is 112 cm³/mol. The van der Waals surface area contributed by atoms with Crippen LogP contribution < -0.4 is 10.6 Å². The van der Waals surface area contributed by atoms with Gasteiger partial charge in [0.2, 0.25) is 11.8 Å². The molecule has 1 aliphatic carbocycles. The Morgan fingerprint density at radius 2 is 1.70 bits per heavy atom. The summed E-state index contributed by atoms with van der Waals surface area (Å²) in [6, 6.07) is 7.95. The maximum absolute atomic E-state index is 12.2. The molecule has 0 saturated carbocycles. The van der Waals surface area contributed by atoms with Gasteiger partial charge in [0, 0.05) is 25.1 Å². The predicted octanol–water partition coefficient (Wildman–Crippen LogP) is 5.17. The first-order valence-corrected chi connectivity index (χ1v) is 10.3. The van der Waals surface area contributed by atoms with Crippen LogP contribution in [0.15, 0.2) is 35.9 Å². The fraction of sp³-hybridized carbons (Fsp3) is 0.565. The molecule has 0 radical (unpaired) electrons. The molecule has 0 spiro atoms. The molecule has 2 amide bonds. The Balaban J connectivity index is 1.66. The lowest BCUT2D eigenvalue weighted by atomic mass is 9.97. The Hall–Kier alpha value is -2.10. The lowest BCUT2D eigenvalue weighted by Gasteiger charge is -2.14. The second kappa shape index (κ2) is 10.9. The van der Waals surface area contributed by atoms with Gasteiger partial charge in [-0.2, -0.15) is 0 Å². The van der Waals surface area contributed by atoms with Crippen LogP contribution in [0, 0.1) is 5.92 Å². The number of carbonyl (C=O) groups is 2. The summed E-state index contributed by atoms with van der Waals surface area (Å²) in [5, 5.41) is 5.91. The fourth-order valence-corrected chi connectivity index (χ4v) is 3.43. The van der Waals surface area contributed by atoms with E-state index >= 15 is 0 Å². The molecule has 2 rings (SSSR count). The van der Waals surface area contributed by atoms with Crippen LogP contribution in [0.2, 0.25) is 0 Å². The van der Waals surface area contributed by atoms with Gasteiger partial charge in [-0.05, 0) is 61.6 Å². The highest BCUT2D eigenvalue weighted by molar-refractivity contribution is 5.91. The molecule has 1 atom stereocenters. The number of anilines is 1. The molecule has 0 fully saturated rings. The average Bonchev–Trinajstić information content (AvgIpc) is 2.62. The SMILES string of the molecule is CC(CC(=O)NCCC1=CCCCC1)CC(=O)Nc1ccc(C(C)C)cc1. The van der Waals surface area contributed by atoms with Crippen LogP contribution in [0.5, 0.6) is 0 Å². The number of hydrogen-bond acceptors (Lipinski definition) is 2. The van der Waals surface area contributed by atoms with Gasteiger partial charge in [-0.15, -0.1) is 0 Å². The number of benzene rings is 1. The molecule has 2 N–H and O–H groups in total. The van der Waals surface area contributed by atoms with Crippen molar-refractivity contribution in [3.8, 4) is 0 Å². The zero-order valence-corrected chi connectivity index (χ0v) is 17.0. The Morgan fingerprint density at radius 1 is 1.00 bits per heavy atom. The summed E-state index contributed by atoms with van der Waals surface area (Å²) < 4.78 is 0. The third kappa shape index (κ3) is 7.98. The number of amides is 2. The Morgan fingerprint density at radius 3 is 2.33 bits per heavy atom. The van der Waals surface area contributed by atoms with Crippen LogP contribution >= 0.6 is 0 Å². The van der Waals surface area contributed by atoms with Gasteiger partial charge in [0.05, 0.1) is 0 Å². The molecular formula is C23H34N2O2. The smallest absolute Gasteiger partial charge is 0.224 e. The average molecular weight is 371 g/mol. The molecule has 1 aromatic carbocycles. The van der Waals surface area contributed by atoms with Crippen molar-refractivity contribution in [3.63, 3.8) is 0 Å². The van der Waals surface area contributed by atoms with Crippen molar-refractivity contribution in [3.05, 3.63) is 41.5 Å². The largest absolute Gasteiger partial charge is 0.356 e. The molecule has 0 bridgehead atoms. The summed E-state index contributed by atoms with van der Waals surface area (Å²) in [5.74, 6) is 0.490. The number of hydrogen-bond donors (Lipinski definition) is 2. The van der Waals surface area contributed by atoms with Gasteiger partial charge in [0.1, 0.15) is 0 Å². The Kier molecular flexibility index (Phi) is 8.56. The van der Waals surface area contributed by atoms with E-state index in [1.165, 1.54) is 36.8 Å². The lowest BCUT2D eigenvalue weighted by molar-refractivity contribution is -0.122. The molecule has 1 aliphatic rings. The number of allylic oxidation sites excluding steroid dienone is 1. The summed E-state index contributed by atoms with van der Waals surface area (Å²) in [7, 11) is 0. The van der Waals surface area contributed by atoms with Crippen LogP contribution in [0.1, 0.15) is 77.2 Å². The molecule has 0 heterocycles. The van der Waals surface area contributed by atoms with E-state index in [0.717, 1.165) is 12.1 Å². The molecule has 0 saturated heterocycles. The highest BCUT2D eigenvalue weighted by atomic mass is 16.2. The highest BCUT2D eigenvalue weighted by Crippen LogP contribution is 2.20. The van der Waals surface area contributed by atoms with Crippen LogP contribution in [0.25, 0.3) is 0 Å². The van der Waals surface area contributed by atoms with E-state index in [4.69, 9.17) is 0 Å². The topological polar surface area (TPSA) is 58.2 Å². The zero-order chi connectivity index (χ0) is 19.6. The summed E-state index contributed by atoms with van der Waals surface area (Å²) >= 11 is 0. The normalized spacial score (nSPS) is 15.2. The maximum atomic E-state index is 12.2. The minimum atomic E-state index is -0.0417. The zero-order valence-electron chi connectivity index (χ0n) is 17.0.